The Balaban J connectivity index is 1.82. The standard InChI is InChI=1S/C15H19NO4/c1-20-13-6-2-10(3-7-13)8-14(17)16-12-5-4-11(9-12)15(18)19/h2-3,6-7,11-12H,4-5,8-9H2,1H3,(H,16,17)(H,18,19). The lowest BCUT2D eigenvalue weighted by Crippen LogP contribution is -2.34. The zero-order valence-corrected chi connectivity index (χ0v) is 11.5. The first-order chi connectivity index (χ1) is 9.58. The van der Waals surface area contributed by atoms with Gasteiger partial charge < -0.3 is 15.2 Å². The SMILES string of the molecule is COc1ccc(CC(=O)NC2CCC(C(=O)O)C2)cc1. The Kier molecular flexibility index (Phi) is 4.61. The van der Waals surface area contributed by atoms with Crippen LogP contribution in [0.15, 0.2) is 24.3 Å². The van der Waals surface area contributed by atoms with Crippen molar-refractivity contribution in [2.24, 2.45) is 5.92 Å². The fourth-order valence-corrected chi connectivity index (χ4v) is 2.54. The highest BCUT2D eigenvalue weighted by atomic mass is 16.5. The molecule has 0 heterocycles. The maximum absolute atomic E-state index is 11.9. The Morgan fingerprint density at radius 3 is 2.55 bits per heavy atom. The van der Waals surface area contributed by atoms with Crippen LogP contribution in [0.25, 0.3) is 0 Å². The number of benzene rings is 1. The number of hydrogen-bond donors (Lipinski definition) is 2. The number of carbonyl (C=O) groups excluding carboxylic acids is 1. The van der Waals surface area contributed by atoms with Gasteiger partial charge in [0.1, 0.15) is 5.75 Å². The van der Waals surface area contributed by atoms with Gasteiger partial charge in [0, 0.05) is 6.04 Å². The number of ether oxygens (including phenoxy) is 1. The van der Waals surface area contributed by atoms with Gasteiger partial charge in [0.25, 0.3) is 0 Å². The van der Waals surface area contributed by atoms with Crippen molar-refractivity contribution in [3.05, 3.63) is 29.8 Å². The normalized spacial score (nSPS) is 21.4. The van der Waals surface area contributed by atoms with Crippen molar-refractivity contribution in [1.29, 1.82) is 0 Å². The first-order valence-corrected chi connectivity index (χ1v) is 6.73. The number of hydrogen-bond acceptors (Lipinski definition) is 3. The first-order valence-electron chi connectivity index (χ1n) is 6.73. The van der Waals surface area contributed by atoms with Crippen LogP contribution in [0, 0.1) is 5.92 Å². The molecule has 108 valence electrons. The third-order valence-electron chi connectivity index (χ3n) is 3.67. The molecule has 5 heteroatoms. The molecule has 1 aliphatic carbocycles. The van der Waals surface area contributed by atoms with Crippen molar-refractivity contribution in [3.8, 4) is 5.75 Å². The van der Waals surface area contributed by atoms with Crippen molar-refractivity contribution in [2.45, 2.75) is 31.7 Å². The molecule has 0 bridgehead atoms. The molecule has 1 saturated carbocycles. The molecule has 0 aromatic heterocycles. The molecule has 1 aromatic rings. The summed E-state index contributed by atoms with van der Waals surface area (Å²) >= 11 is 0. The fraction of sp³-hybridized carbons (Fsp3) is 0.467. The van der Waals surface area contributed by atoms with Crippen LogP contribution < -0.4 is 10.1 Å². The summed E-state index contributed by atoms with van der Waals surface area (Å²) in [6, 6.07) is 7.33. The van der Waals surface area contributed by atoms with E-state index in [1.165, 1.54) is 0 Å². The fourth-order valence-electron chi connectivity index (χ4n) is 2.54. The predicted molar refractivity (Wildman–Crippen MR) is 73.6 cm³/mol. The highest BCUT2D eigenvalue weighted by Crippen LogP contribution is 2.25. The van der Waals surface area contributed by atoms with Gasteiger partial charge in [-0.05, 0) is 37.0 Å². The highest BCUT2D eigenvalue weighted by Gasteiger charge is 2.30. The lowest BCUT2D eigenvalue weighted by Gasteiger charge is -2.12. The van der Waals surface area contributed by atoms with Crippen LogP contribution in [0.5, 0.6) is 5.75 Å². The molecule has 0 aliphatic heterocycles. The van der Waals surface area contributed by atoms with E-state index >= 15 is 0 Å². The van der Waals surface area contributed by atoms with E-state index in [1.807, 2.05) is 24.3 Å². The first kappa shape index (κ1) is 14.4. The molecule has 0 radical (unpaired) electrons. The zero-order valence-electron chi connectivity index (χ0n) is 11.5. The molecule has 1 amide bonds. The van der Waals surface area contributed by atoms with Crippen LogP contribution in [0.3, 0.4) is 0 Å². The van der Waals surface area contributed by atoms with E-state index in [4.69, 9.17) is 9.84 Å². The zero-order chi connectivity index (χ0) is 14.5. The quantitative estimate of drug-likeness (QED) is 0.857. The summed E-state index contributed by atoms with van der Waals surface area (Å²) in [5.74, 6) is -0.390. The largest absolute Gasteiger partial charge is 0.497 e. The number of carbonyl (C=O) groups is 2. The number of rotatable bonds is 5. The van der Waals surface area contributed by atoms with E-state index in [2.05, 4.69) is 5.32 Å². The van der Waals surface area contributed by atoms with Gasteiger partial charge in [-0.25, -0.2) is 0 Å². The Morgan fingerprint density at radius 1 is 1.30 bits per heavy atom. The molecule has 0 spiro atoms. The molecule has 2 atom stereocenters. The van der Waals surface area contributed by atoms with E-state index in [9.17, 15) is 9.59 Å². The van der Waals surface area contributed by atoms with Crippen LogP contribution in [-0.4, -0.2) is 30.1 Å². The number of nitrogens with one attached hydrogen (secondary N) is 1. The topological polar surface area (TPSA) is 75.6 Å². The Bertz CT molecular complexity index is 483. The van der Waals surface area contributed by atoms with E-state index in [0.717, 1.165) is 17.7 Å². The van der Waals surface area contributed by atoms with Gasteiger partial charge in [-0.2, -0.15) is 0 Å². The molecule has 2 N–H and O–H groups in total. The highest BCUT2D eigenvalue weighted by molar-refractivity contribution is 5.79. The Labute approximate surface area is 117 Å². The number of amides is 1. The minimum absolute atomic E-state index is 0.0122. The van der Waals surface area contributed by atoms with Crippen LogP contribution in [0.4, 0.5) is 0 Å². The minimum atomic E-state index is -0.767. The maximum Gasteiger partial charge on any atom is 0.306 e. The second-order valence-corrected chi connectivity index (χ2v) is 5.14. The van der Waals surface area contributed by atoms with Gasteiger partial charge in [-0.1, -0.05) is 12.1 Å². The molecule has 1 fully saturated rings. The smallest absolute Gasteiger partial charge is 0.306 e. The summed E-state index contributed by atoms with van der Waals surface area (Å²) in [5.41, 5.74) is 0.913. The molecule has 1 aliphatic rings. The van der Waals surface area contributed by atoms with Crippen molar-refractivity contribution in [2.75, 3.05) is 7.11 Å². The predicted octanol–water partition coefficient (Wildman–Crippen LogP) is 1.61. The van der Waals surface area contributed by atoms with Crippen molar-refractivity contribution in [1.82, 2.24) is 5.32 Å². The van der Waals surface area contributed by atoms with Crippen LogP contribution in [0.1, 0.15) is 24.8 Å². The molecule has 2 unspecified atom stereocenters. The monoisotopic (exact) mass is 277 g/mol. The van der Waals surface area contributed by atoms with Gasteiger partial charge >= 0.3 is 5.97 Å². The average molecular weight is 277 g/mol. The molecule has 20 heavy (non-hydrogen) atoms. The molecular weight excluding hydrogens is 258 g/mol. The molecule has 1 aromatic carbocycles. The molecule has 0 saturated heterocycles. The third-order valence-corrected chi connectivity index (χ3v) is 3.67. The van der Waals surface area contributed by atoms with E-state index < -0.39 is 5.97 Å². The second-order valence-electron chi connectivity index (χ2n) is 5.14. The number of carboxylic acids is 1. The second kappa shape index (κ2) is 6.41. The summed E-state index contributed by atoms with van der Waals surface area (Å²) < 4.78 is 5.06. The Morgan fingerprint density at radius 2 is 2.00 bits per heavy atom. The van der Waals surface area contributed by atoms with Gasteiger partial charge in [0.2, 0.25) is 5.91 Å². The molecular formula is C15H19NO4. The number of methoxy groups -OCH3 is 1. The van der Waals surface area contributed by atoms with Gasteiger partial charge in [-0.15, -0.1) is 0 Å². The average Bonchev–Trinajstić information content (AvgIpc) is 2.88. The van der Waals surface area contributed by atoms with Crippen LogP contribution >= 0.6 is 0 Å². The summed E-state index contributed by atoms with van der Waals surface area (Å²) in [6.07, 6.45) is 2.22. The van der Waals surface area contributed by atoms with Crippen LogP contribution in [0.2, 0.25) is 0 Å². The summed E-state index contributed by atoms with van der Waals surface area (Å²) in [4.78, 5) is 22.8. The third kappa shape index (κ3) is 3.73. The summed E-state index contributed by atoms with van der Waals surface area (Å²) in [7, 11) is 1.60. The molecule has 5 nitrogen and oxygen atoms in total. The van der Waals surface area contributed by atoms with E-state index in [1.54, 1.807) is 7.11 Å². The van der Waals surface area contributed by atoms with Crippen molar-refractivity contribution in [3.63, 3.8) is 0 Å². The number of carboxylic acid groups (broad SMARTS) is 1. The van der Waals surface area contributed by atoms with Crippen LogP contribution in [-0.2, 0) is 16.0 Å². The summed E-state index contributed by atoms with van der Waals surface area (Å²) in [6.45, 7) is 0. The van der Waals surface area contributed by atoms with Crippen molar-refractivity contribution < 1.29 is 19.4 Å². The Hall–Kier alpha value is -2.04. The maximum atomic E-state index is 11.9. The lowest BCUT2D eigenvalue weighted by atomic mass is 10.1. The van der Waals surface area contributed by atoms with Gasteiger partial charge in [0.05, 0.1) is 19.4 Å². The van der Waals surface area contributed by atoms with Gasteiger partial charge in [-0.3, -0.25) is 9.59 Å². The summed E-state index contributed by atoms with van der Waals surface area (Å²) in [5, 5.41) is 11.8. The molecule has 2 rings (SSSR count). The number of aliphatic carboxylic acids is 1. The van der Waals surface area contributed by atoms with E-state index in [-0.39, 0.29) is 17.9 Å². The van der Waals surface area contributed by atoms with Gasteiger partial charge in [0.15, 0.2) is 0 Å². The van der Waals surface area contributed by atoms with E-state index in [0.29, 0.717) is 19.3 Å². The minimum Gasteiger partial charge on any atom is -0.497 e. The lowest BCUT2D eigenvalue weighted by molar-refractivity contribution is -0.141. The van der Waals surface area contributed by atoms with Crippen molar-refractivity contribution >= 4 is 11.9 Å².